The third-order valence-electron chi connectivity index (χ3n) is 5.44. The quantitative estimate of drug-likeness (QED) is 0.548. The van der Waals surface area contributed by atoms with E-state index in [0.717, 1.165) is 11.3 Å². The van der Waals surface area contributed by atoms with Crippen molar-refractivity contribution in [2.45, 2.75) is 39.8 Å². The molecule has 1 N–H and O–H groups in total. The van der Waals surface area contributed by atoms with Crippen LogP contribution in [0, 0.1) is 6.92 Å². The molecule has 3 rings (SSSR count). The van der Waals surface area contributed by atoms with Gasteiger partial charge in [0, 0.05) is 32.5 Å². The number of benzene rings is 2. The van der Waals surface area contributed by atoms with Crippen LogP contribution in [0.15, 0.2) is 53.3 Å². The van der Waals surface area contributed by atoms with E-state index in [4.69, 9.17) is 9.72 Å². The number of aryl methyl sites for hydroxylation is 1. The molecule has 2 aromatic carbocycles. The van der Waals surface area contributed by atoms with Crippen LogP contribution in [-0.2, 0) is 11.3 Å². The zero-order valence-electron chi connectivity index (χ0n) is 18.6. The Labute approximate surface area is 182 Å². The van der Waals surface area contributed by atoms with Crippen LogP contribution in [0.1, 0.15) is 37.7 Å². The van der Waals surface area contributed by atoms with E-state index < -0.39 is 6.04 Å². The number of ether oxygens (including phenoxy) is 1. The third kappa shape index (κ3) is 4.94. The predicted octanol–water partition coefficient (Wildman–Crippen LogP) is 4.36. The molecule has 0 saturated carbocycles. The lowest BCUT2D eigenvalue weighted by Gasteiger charge is -2.30. The Kier molecular flexibility index (Phi) is 7.41. The second kappa shape index (κ2) is 10.2. The van der Waals surface area contributed by atoms with E-state index in [9.17, 15) is 9.59 Å². The Bertz CT molecular complexity index is 1110. The van der Waals surface area contributed by atoms with Crippen LogP contribution < -0.4 is 10.9 Å². The Balaban J connectivity index is 1.99. The van der Waals surface area contributed by atoms with Gasteiger partial charge < -0.3 is 15.0 Å². The smallest absolute Gasteiger partial charge is 0.322 e. The largest absolute Gasteiger partial charge is 0.385 e. The minimum Gasteiger partial charge on any atom is -0.385 e. The van der Waals surface area contributed by atoms with Crippen LogP contribution in [0.25, 0.3) is 10.9 Å². The monoisotopic (exact) mass is 422 g/mol. The lowest BCUT2D eigenvalue weighted by atomic mass is 10.2. The molecule has 3 aromatic rings. The molecule has 0 spiro atoms. The second-order valence-corrected chi connectivity index (χ2v) is 7.50. The normalized spacial score (nSPS) is 12.0. The number of hydrogen-bond acceptors (Lipinski definition) is 4. The zero-order valence-corrected chi connectivity index (χ0v) is 18.6. The average molecular weight is 423 g/mol. The number of nitrogens with zero attached hydrogens (tertiary/aromatic N) is 3. The second-order valence-electron chi connectivity index (χ2n) is 7.50. The zero-order chi connectivity index (χ0) is 22.4. The van der Waals surface area contributed by atoms with Crippen molar-refractivity contribution >= 4 is 22.6 Å². The summed E-state index contributed by atoms with van der Waals surface area (Å²) in [5.41, 5.74) is 2.28. The predicted molar refractivity (Wildman–Crippen MR) is 123 cm³/mol. The molecule has 1 atom stereocenters. The molecule has 0 aliphatic carbocycles. The number of urea groups is 1. The molecule has 1 aromatic heterocycles. The minimum atomic E-state index is -0.405. The van der Waals surface area contributed by atoms with E-state index in [0.29, 0.717) is 42.8 Å². The summed E-state index contributed by atoms with van der Waals surface area (Å²) in [6, 6.07) is 14.3. The van der Waals surface area contributed by atoms with Gasteiger partial charge in [-0.2, -0.15) is 0 Å². The molecular weight excluding hydrogens is 392 g/mol. The van der Waals surface area contributed by atoms with Gasteiger partial charge in [0.25, 0.3) is 5.56 Å². The first-order valence-corrected chi connectivity index (χ1v) is 10.6. The highest BCUT2D eigenvalue weighted by molar-refractivity contribution is 5.90. The van der Waals surface area contributed by atoms with E-state index in [2.05, 4.69) is 5.32 Å². The van der Waals surface area contributed by atoms with E-state index in [1.807, 2.05) is 63.2 Å². The average Bonchev–Trinajstić information content (AvgIpc) is 2.78. The van der Waals surface area contributed by atoms with Crippen LogP contribution in [0.3, 0.4) is 0 Å². The van der Waals surface area contributed by atoms with Gasteiger partial charge in [-0.1, -0.05) is 30.3 Å². The van der Waals surface area contributed by atoms with Crippen LogP contribution in [0.5, 0.6) is 0 Å². The van der Waals surface area contributed by atoms with Crippen LogP contribution >= 0.6 is 0 Å². The summed E-state index contributed by atoms with van der Waals surface area (Å²) in [6.45, 7) is 7.25. The maximum absolute atomic E-state index is 13.3. The molecule has 2 amide bonds. The number of anilines is 1. The summed E-state index contributed by atoms with van der Waals surface area (Å²) < 4.78 is 6.84. The highest BCUT2D eigenvalue weighted by atomic mass is 16.5. The molecule has 7 nitrogen and oxygen atoms in total. The number of para-hydroxylation sites is 2. The standard InChI is InChI=1S/C24H30N4O3/c1-5-27-22(25-21-14-9-7-12-19(21)23(27)29)18(3)28(15-10-16-31-4)24(30)26-20-13-8-6-11-17(20)2/h6-9,11-14,18H,5,10,15-16H2,1-4H3,(H,26,30). The Morgan fingerprint density at radius 3 is 2.61 bits per heavy atom. The minimum absolute atomic E-state index is 0.0916. The van der Waals surface area contributed by atoms with Crippen molar-refractivity contribution in [1.82, 2.24) is 14.5 Å². The van der Waals surface area contributed by atoms with Gasteiger partial charge in [-0.25, -0.2) is 9.78 Å². The Hall–Kier alpha value is -3.19. The van der Waals surface area contributed by atoms with Gasteiger partial charge in [0.05, 0.1) is 16.9 Å². The van der Waals surface area contributed by atoms with E-state index in [1.54, 1.807) is 22.6 Å². The van der Waals surface area contributed by atoms with Crippen molar-refractivity contribution in [2.24, 2.45) is 0 Å². The number of rotatable bonds is 8. The van der Waals surface area contributed by atoms with Gasteiger partial charge >= 0.3 is 6.03 Å². The van der Waals surface area contributed by atoms with Crippen LogP contribution in [0.4, 0.5) is 10.5 Å². The molecular formula is C24H30N4O3. The first-order chi connectivity index (χ1) is 15.0. The van der Waals surface area contributed by atoms with E-state index in [1.165, 1.54) is 0 Å². The molecule has 0 bridgehead atoms. The summed E-state index contributed by atoms with van der Waals surface area (Å²) in [6.07, 6.45) is 0.673. The highest BCUT2D eigenvalue weighted by Gasteiger charge is 2.26. The number of nitrogens with one attached hydrogen (secondary N) is 1. The molecule has 1 unspecified atom stereocenters. The lowest BCUT2D eigenvalue weighted by molar-refractivity contribution is 0.158. The SMILES string of the molecule is CCn1c(C(C)N(CCCOC)C(=O)Nc2ccccc2C)nc2ccccc2c1=O. The fourth-order valence-electron chi connectivity index (χ4n) is 3.70. The Morgan fingerprint density at radius 2 is 1.90 bits per heavy atom. The van der Waals surface area contributed by atoms with Crippen molar-refractivity contribution in [3.05, 3.63) is 70.3 Å². The summed E-state index contributed by atoms with van der Waals surface area (Å²) >= 11 is 0. The van der Waals surface area contributed by atoms with E-state index in [-0.39, 0.29) is 11.6 Å². The van der Waals surface area contributed by atoms with Crippen molar-refractivity contribution < 1.29 is 9.53 Å². The van der Waals surface area contributed by atoms with Crippen molar-refractivity contribution in [2.75, 3.05) is 25.6 Å². The number of fused-ring (bicyclic) bond motifs is 1. The van der Waals surface area contributed by atoms with Crippen molar-refractivity contribution in [1.29, 1.82) is 0 Å². The van der Waals surface area contributed by atoms with Crippen molar-refractivity contribution in [3.8, 4) is 0 Å². The van der Waals surface area contributed by atoms with Gasteiger partial charge in [-0.05, 0) is 51.0 Å². The van der Waals surface area contributed by atoms with Gasteiger partial charge in [-0.3, -0.25) is 9.36 Å². The maximum atomic E-state index is 13.3. The molecule has 31 heavy (non-hydrogen) atoms. The molecule has 0 radical (unpaired) electrons. The van der Waals surface area contributed by atoms with Gasteiger partial charge in [0.2, 0.25) is 0 Å². The van der Waals surface area contributed by atoms with E-state index >= 15 is 0 Å². The molecule has 0 aliphatic rings. The van der Waals surface area contributed by atoms with Gasteiger partial charge in [0.1, 0.15) is 5.82 Å². The molecule has 1 heterocycles. The Morgan fingerprint density at radius 1 is 1.19 bits per heavy atom. The molecule has 0 aliphatic heterocycles. The summed E-state index contributed by atoms with van der Waals surface area (Å²) in [4.78, 5) is 32.8. The lowest BCUT2D eigenvalue weighted by Crippen LogP contribution is -2.41. The first-order valence-electron chi connectivity index (χ1n) is 10.6. The topological polar surface area (TPSA) is 76.5 Å². The molecule has 7 heteroatoms. The number of carbonyl (C=O) groups is 1. The summed E-state index contributed by atoms with van der Waals surface area (Å²) in [5, 5.41) is 3.59. The highest BCUT2D eigenvalue weighted by Crippen LogP contribution is 2.22. The third-order valence-corrected chi connectivity index (χ3v) is 5.44. The van der Waals surface area contributed by atoms with Crippen LogP contribution in [0.2, 0.25) is 0 Å². The fraction of sp³-hybridized carbons (Fsp3) is 0.375. The van der Waals surface area contributed by atoms with Crippen LogP contribution in [-0.4, -0.2) is 40.7 Å². The summed E-state index contributed by atoms with van der Waals surface area (Å²) in [5.74, 6) is 0.573. The number of carbonyl (C=O) groups excluding carboxylic acids is 1. The molecule has 0 saturated heterocycles. The van der Waals surface area contributed by atoms with Gasteiger partial charge in [0.15, 0.2) is 0 Å². The summed E-state index contributed by atoms with van der Waals surface area (Å²) in [7, 11) is 1.64. The van der Waals surface area contributed by atoms with Gasteiger partial charge in [-0.15, -0.1) is 0 Å². The van der Waals surface area contributed by atoms with Crippen molar-refractivity contribution in [3.63, 3.8) is 0 Å². The number of methoxy groups -OCH3 is 1. The fourth-order valence-corrected chi connectivity index (χ4v) is 3.70. The number of amides is 2. The number of hydrogen-bond donors (Lipinski definition) is 1. The molecule has 0 fully saturated rings. The maximum Gasteiger partial charge on any atom is 0.322 e. The number of aromatic nitrogens is 2. The molecule has 164 valence electrons. The first kappa shape index (κ1) is 22.5.